The largest absolute Gasteiger partial charge is 0.462 e. The molecule has 0 radical (unpaired) electrons. The van der Waals surface area contributed by atoms with E-state index in [1.165, 1.54) is 4.90 Å². The van der Waals surface area contributed by atoms with Crippen LogP contribution in [-0.2, 0) is 11.3 Å². The first kappa shape index (κ1) is 17.9. The Hall–Kier alpha value is -2.47. The number of amides is 2. The number of urea groups is 1. The van der Waals surface area contributed by atoms with Crippen molar-refractivity contribution in [3.05, 3.63) is 59.7 Å². The summed E-state index contributed by atoms with van der Waals surface area (Å²) in [5.74, 6) is -0.373. The van der Waals surface area contributed by atoms with E-state index < -0.39 is 0 Å². The van der Waals surface area contributed by atoms with Gasteiger partial charge in [-0.25, -0.2) is 9.59 Å². The van der Waals surface area contributed by atoms with Crippen molar-refractivity contribution in [1.82, 2.24) is 5.32 Å². The van der Waals surface area contributed by atoms with Gasteiger partial charge in [-0.15, -0.1) is 11.8 Å². The van der Waals surface area contributed by atoms with Crippen LogP contribution in [0.15, 0.2) is 53.4 Å². The summed E-state index contributed by atoms with van der Waals surface area (Å²) in [6.45, 7) is 2.54. The van der Waals surface area contributed by atoms with E-state index in [9.17, 15) is 9.59 Å². The third kappa shape index (κ3) is 5.31. The molecule has 0 aromatic heterocycles. The highest BCUT2D eigenvalue weighted by molar-refractivity contribution is 7.98. The van der Waals surface area contributed by atoms with E-state index in [4.69, 9.17) is 4.74 Å². The standard InChI is InChI=1S/C18H20N2O3S/c1-3-23-17(21)14-6-8-15(9-7-14)20-18(22)19-12-13-4-10-16(24-2)11-5-13/h4-11H,3,12H2,1-2H3,(H2,19,20,22). The van der Waals surface area contributed by atoms with Crippen LogP contribution in [0.2, 0.25) is 0 Å². The number of carbonyl (C=O) groups is 2. The van der Waals surface area contributed by atoms with E-state index in [-0.39, 0.29) is 12.0 Å². The highest BCUT2D eigenvalue weighted by Gasteiger charge is 2.07. The van der Waals surface area contributed by atoms with Gasteiger partial charge in [0.15, 0.2) is 0 Å². The molecule has 0 aliphatic carbocycles. The third-order valence-corrected chi connectivity index (χ3v) is 4.01. The van der Waals surface area contributed by atoms with Crippen molar-refractivity contribution in [2.75, 3.05) is 18.2 Å². The first-order chi connectivity index (χ1) is 11.6. The zero-order chi connectivity index (χ0) is 17.4. The Morgan fingerprint density at radius 1 is 1.04 bits per heavy atom. The van der Waals surface area contributed by atoms with Gasteiger partial charge in [0.2, 0.25) is 0 Å². The highest BCUT2D eigenvalue weighted by Crippen LogP contribution is 2.15. The Labute approximate surface area is 145 Å². The summed E-state index contributed by atoms with van der Waals surface area (Å²) in [7, 11) is 0. The molecule has 0 saturated heterocycles. The van der Waals surface area contributed by atoms with E-state index >= 15 is 0 Å². The predicted molar refractivity (Wildman–Crippen MR) is 96.5 cm³/mol. The molecule has 0 fully saturated rings. The summed E-state index contributed by atoms with van der Waals surface area (Å²) in [5, 5.41) is 5.52. The van der Waals surface area contributed by atoms with Crippen LogP contribution in [0.3, 0.4) is 0 Å². The van der Waals surface area contributed by atoms with E-state index in [0.29, 0.717) is 24.4 Å². The van der Waals surface area contributed by atoms with Crippen molar-refractivity contribution >= 4 is 29.4 Å². The molecule has 2 N–H and O–H groups in total. The Morgan fingerprint density at radius 3 is 2.29 bits per heavy atom. The van der Waals surface area contributed by atoms with Gasteiger partial charge in [-0.1, -0.05) is 12.1 Å². The fourth-order valence-electron chi connectivity index (χ4n) is 2.01. The fourth-order valence-corrected chi connectivity index (χ4v) is 2.41. The van der Waals surface area contributed by atoms with Crippen molar-refractivity contribution in [2.45, 2.75) is 18.4 Å². The Balaban J connectivity index is 1.84. The van der Waals surface area contributed by atoms with Crippen molar-refractivity contribution < 1.29 is 14.3 Å². The number of esters is 1. The minimum Gasteiger partial charge on any atom is -0.462 e. The molecule has 0 bridgehead atoms. The monoisotopic (exact) mass is 344 g/mol. The van der Waals surface area contributed by atoms with E-state index in [0.717, 1.165) is 5.56 Å². The maximum Gasteiger partial charge on any atom is 0.338 e. The second-order valence-corrected chi connectivity index (χ2v) is 5.83. The van der Waals surface area contributed by atoms with Gasteiger partial charge in [-0.05, 0) is 55.1 Å². The molecular formula is C18H20N2O3S. The summed E-state index contributed by atoms with van der Waals surface area (Å²) >= 11 is 1.68. The molecule has 0 aliphatic rings. The first-order valence-electron chi connectivity index (χ1n) is 7.57. The molecule has 2 amide bonds. The maximum absolute atomic E-state index is 11.9. The van der Waals surface area contributed by atoms with Crippen LogP contribution in [0, 0.1) is 0 Å². The van der Waals surface area contributed by atoms with Crippen LogP contribution in [0.4, 0.5) is 10.5 Å². The molecule has 0 unspecified atom stereocenters. The number of carbonyl (C=O) groups excluding carboxylic acids is 2. The van der Waals surface area contributed by atoms with Crippen LogP contribution < -0.4 is 10.6 Å². The van der Waals surface area contributed by atoms with Gasteiger partial charge in [0.1, 0.15) is 0 Å². The summed E-state index contributed by atoms with van der Waals surface area (Å²) in [6, 6.07) is 14.3. The first-order valence-corrected chi connectivity index (χ1v) is 8.80. The average Bonchev–Trinajstić information content (AvgIpc) is 2.61. The van der Waals surface area contributed by atoms with Crippen LogP contribution in [0.5, 0.6) is 0 Å². The summed E-state index contributed by atoms with van der Waals surface area (Å²) < 4.78 is 4.91. The number of benzene rings is 2. The molecule has 6 heteroatoms. The lowest BCUT2D eigenvalue weighted by Crippen LogP contribution is -2.28. The van der Waals surface area contributed by atoms with Gasteiger partial charge >= 0.3 is 12.0 Å². The van der Waals surface area contributed by atoms with Crippen LogP contribution in [-0.4, -0.2) is 24.9 Å². The molecule has 0 heterocycles. The molecule has 0 spiro atoms. The van der Waals surface area contributed by atoms with E-state index in [1.807, 2.05) is 30.5 Å². The predicted octanol–water partition coefficient (Wildman–Crippen LogP) is 3.91. The third-order valence-electron chi connectivity index (χ3n) is 3.27. The summed E-state index contributed by atoms with van der Waals surface area (Å²) in [6.07, 6.45) is 2.02. The lowest BCUT2D eigenvalue weighted by molar-refractivity contribution is 0.0526. The number of hydrogen-bond donors (Lipinski definition) is 2. The smallest absolute Gasteiger partial charge is 0.338 e. The molecule has 2 rings (SSSR count). The van der Waals surface area contributed by atoms with E-state index in [1.54, 1.807) is 43.0 Å². The van der Waals surface area contributed by atoms with Crippen molar-refractivity contribution in [1.29, 1.82) is 0 Å². The topological polar surface area (TPSA) is 67.4 Å². The van der Waals surface area contributed by atoms with Crippen LogP contribution in [0.1, 0.15) is 22.8 Å². The quantitative estimate of drug-likeness (QED) is 0.616. The SMILES string of the molecule is CCOC(=O)c1ccc(NC(=O)NCc2ccc(SC)cc2)cc1. The Kier molecular flexibility index (Phi) is 6.69. The van der Waals surface area contributed by atoms with Gasteiger partial charge < -0.3 is 15.4 Å². The van der Waals surface area contributed by atoms with Gasteiger partial charge in [-0.3, -0.25) is 0 Å². The van der Waals surface area contributed by atoms with Gasteiger partial charge in [-0.2, -0.15) is 0 Å². The average molecular weight is 344 g/mol. The molecule has 0 atom stereocenters. The lowest BCUT2D eigenvalue weighted by atomic mass is 10.2. The minimum atomic E-state index is -0.373. The number of nitrogens with one attached hydrogen (secondary N) is 2. The highest BCUT2D eigenvalue weighted by atomic mass is 32.2. The second-order valence-electron chi connectivity index (χ2n) is 4.95. The van der Waals surface area contributed by atoms with Crippen molar-refractivity contribution in [3.63, 3.8) is 0 Å². The molecule has 0 saturated carbocycles. The fraction of sp³-hybridized carbons (Fsp3) is 0.222. The van der Waals surface area contributed by atoms with Crippen LogP contribution >= 0.6 is 11.8 Å². The zero-order valence-corrected chi connectivity index (χ0v) is 14.5. The number of thioether (sulfide) groups is 1. The maximum atomic E-state index is 11.9. The number of rotatable bonds is 6. The second kappa shape index (κ2) is 8.98. The van der Waals surface area contributed by atoms with Gasteiger partial charge in [0.05, 0.1) is 12.2 Å². The Morgan fingerprint density at radius 2 is 1.71 bits per heavy atom. The van der Waals surface area contributed by atoms with Crippen molar-refractivity contribution in [2.24, 2.45) is 0 Å². The molecule has 2 aromatic rings. The summed E-state index contributed by atoms with van der Waals surface area (Å²) in [4.78, 5) is 24.7. The molecule has 126 valence electrons. The normalized spacial score (nSPS) is 10.1. The minimum absolute atomic E-state index is 0.298. The number of hydrogen-bond acceptors (Lipinski definition) is 4. The number of anilines is 1. The van der Waals surface area contributed by atoms with Gasteiger partial charge in [0.25, 0.3) is 0 Å². The number of ether oxygens (including phenoxy) is 1. The summed E-state index contributed by atoms with van der Waals surface area (Å²) in [5.41, 5.74) is 2.09. The molecule has 2 aromatic carbocycles. The molecule has 24 heavy (non-hydrogen) atoms. The Bertz CT molecular complexity index is 684. The molecule has 0 aliphatic heterocycles. The molecule has 5 nitrogen and oxygen atoms in total. The van der Waals surface area contributed by atoms with Crippen molar-refractivity contribution in [3.8, 4) is 0 Å². The van der Waals surface area contributed by atoms with Crippen LogP contribution in [0.25, 0.3) is 0 Å². The lowest BCUT2D eigenvalue weighted by Gasteiger charge is -2.09. The van der Waals surface area contributed by atoms with Gasteiger partial charge in [0, 0.05) is 17.1 Å². The zero-order valence-electron chi connectivity index (χ0n) is 13.7. The van der Waals surface area contributed by atoms with E-state index in [2.05, 4.69) is 10.6 Å². The molecular weight excluding hydrogens is 324 g/mol.